The maximum absolute atomic E-state index is 8.78. The van der Waals surface area contributed by atoms with Gasteiger partial charge in [-0.3, -0.25) is 4.98 Å². The average molecular weight is 411 g/mol. The third kappa shape index (κ3) is 8.84. The van der Waals surface area contributed by atoms with E-state index in [4.69, 9.17) is 15.0 Å². The number of primary amides is 1. The fourth-order valence-corrected chi connectivity index (χ4v) is 4.49. The predicted molar refractivity (Wildman–Crippen MR) is 121 cm³/mol. The number of hydrogen-bond acceptors (Lipinski definition) is 3. The molecule has 1 heterocycles. The molecule has 2 fully saturated rings. The molecule has 0 bridgehead atoms. The van der Waals surface area contributed by atoms with Crippen LogP contribution in [-0.2, 0) is 0 Å². The van der Waals surface area contributed by atoms with Crippen LogP contribution in [-0.4, -0.2) is 27.9 Å². The molecule has 0 spiro atoms. The highest BCUT2D eigenvalue weighted by Gasteiger charge is 2.24. The normalized spacial score (nSPS) is 16.8. The smallest absolute Gasteiger partial charge is 0.402 e. The first-order chi connectivity index (χ1) is 14.6. The number of aliphatic hydroxyl groups excluding tert-OH is 1. The van der Waals surface area contributed by atoms with Gasteiger partial charge in [-0.25, -0.2) is 4.79 Å². The van der Waals surface area contributed by atoms with E-state index in [1.807, 2.05) is 30.3 Å². The molecule has 30 heavy (non-hydrogen) atoms. The van der Waals surface area contributed by atoms with Gasteiger partial charge in [-0.2, -0.15) is 0 Å². The van der Waals surface area contributed by atoms with Crippen molar-refractivity contribution in [2.24, 2.45) is 17.6 Å². The van der Waals surface area contributed by atoms with Crippen LogP contribution in [0.3, 0.4) is 0 Å². The molecule has 1 amide bonds. The summed E-state index contributed by atoms with van der Waals surface area (Å²) < 4.78 is 0. The van der Waals surface area contributed by atoms with E-state index >= 15 is 0 Å². The van der Waals surface area contributed by atoms with E-state index in [9.17, 15) is 0 Å². The molecule has 0 radical (unpaired) electrons. The minimum Gasteiger partial charge on any atom is -0.465 e. The van der Waals surface area contributed by atoms with Crippen molar-refractivity contribution < 1.29 is 15.0 Å². The van der Waals surface area contributed by atoms with E-state index in [0.29, 0.717) is 0 Å². The summed E-state index contributed by atoms with van der Waals surface area (Å²) in [5.74, 6) is 7.69. The van der Waals surface area contributed by atoms with Crippen molar-refractivity contribution >= 4 is 17.0 Å². The molecule has 5 heteroatoms. The van der Waals surface area contributed by atoms with Gasteiger partial charge in [0.05, 0.1) is 5.52 Å². The lowest BCUT2D eigenvalue weighted by Gasteiger charge is -2.32. The number of carboxylic acid groups (broad SMARTS) is 1. The highest BCUT2D eigenvalue weighted by Crippen LogP contribution is 2.37. The lowest BCUT2D eigenvalue weighted by atomic mass is 9.73. The summed E-state index contributed by atoms with van der Waals surface area (Å²) in [7, 11) is 0. The molecule has 2 aromatic rings. The van der Waals surface area contributed by atoms with Gasteiger partial charge < -0.3 is 15.9 Å². The number of carbonyl (C=O) groups is 1. The number of aromatic nitrogens is 1. The number of nitrogens with zero attached hydrogens (tertiary/aromatic N) is 1. The Morgan fingerprint density at radius 2 is 1.53 bits per heavy atom. The standard InChI is InChI=1S/C12H9NO.C12H22.CH3NO2/c14-7-3-4-10-8-11-5-1-2-6-12(11)13-9-10;1-3-7-11(8-4-1)12-9-5-2-6-10-12;2-1(3)4/h1-2,5-6,8-9,14H,7H2;11-12H,1-10H2;2H2,(H,3,4). The number of rotatable bonds is 1. The molecule has 1 aromatic carbocycles. The third-order valence-electron chi connectivity index (χ3n) is 5.87. The number of para-hydroxylation sites is 1. The van der Waals surface area contributed by atoms with Gasteiger partial charge in [-0.15, -0.1) is 0 Å². The van der Waals surface area contributed by atoms with Crippen LogP contribution >= 0.6 is 0 Å². The van der Waals surface area contributed by atoms with Crippen molar-refractivity contribution in [3.63, 3.8) is 0 Å². The van der Waals surface area contributed by atoms with Gasteiger partial charge in [0.1, 0.15) is 6.61 Å². The molecular weight excluding hydrogens is 376 g/mol. The second-order valence-corrected chi connectivity index (χ2v) is 8.01. The summed E-state index contributed by atoms with van der Waals surface area (Å²) in [6.07, 6.45) is 15.8. The second-order valence-electron chi connectivity index (χ2n) is 8.01. The number of amides is 1. The van der Waals surface area contributed by atoms with Crippen LogP contribution in [0.2, 0.25) is 0 Å². The van der Waals surface area contributed by atoms with Crippen molar-refractivity contribution in [1.29, 1.82) is 0 Å². The molecule has 2 aliphatic rings. The van der Waals surface area contributed by atoms with Crippen molar-refractivity contribution in [1.82, 2.24) is 4.98 Å². The van der Waals surface area contributed by atoms with Crippen LogP contribution in [0.15, 0.2) is 36.5 Å². The van der Waals surface area contributed by atoms with Gasteiger partial charge in [0, 0.05) is 17.1 Å². The SMILES string of the molecule is C1CCC(C2CCCCC2)CC1.NC(=O)O.OCC#Cc1cnc2ccccc2c1. The Labute approximate surface area is 179 Å². The van der Waals surface area contributed by atoms with Crippen molar-refractivity contribution in [2.75, 3.05) is 6.61 Å². The largest absolute Gasteiger partial charge is 0.465 e. The van der Waals surface area contributed by atoms with E-state index in [1.165, 1.54) is 38.5 Å². The summed E-state index contributed by atoms with van der Waals surface area (Å²) in [5, 5.41) is 16.8. The Balaban J connectivity index is 0.000000183. The van der Waals surface area contributed by atoms with Crippen LogP contribution in [0.4, 0.5) is 4.79 Å². The molecule has 2 aliphatic carbocycles. The van der Waals surface area contributed by atoms with Gasteiger partial charge in [-0.05, 0) is 24.0 Å². The summed E-state index contributed by atoms with van der Waals surface area (Å²) >= 11 is 0. The van der Waals surface area contributed by atoms with E-state index in [2.05, 4.69) is 22.6 Å². The molecule has 0 unspecified atom stereocenters. The number of hydrogen-bond donors (Lipinski definition) is 3. The Bertz CT molecular complexity index is 809. The van der Waals surface area contributed by atoms with Gasteiger partial charge >= 0.3 is 6.09 Å². The van der Waals surface area contributed by atoms with Gasteiger partial charge in [0.25, 0.3) is 0 Å². The van der Waals surface area contributed by atoms with Crippen LogP contribution in [0.25, 0.3) is 10.9 Å². The van der Waals surface area contributed by atoms with Crippen molar-refractivity contribution in [3.05, 3.63) is 42.1 Å². The number of aliphatic hydroxyl groups is 1. The molecule has 162 valence electrons. The molecule has 1 aromatic heterocycles. The zero-order valence-electron chi connectivity index (χ0n) is 17.7. The number of benzene rings is 1. The average Bonchev–Trinajstić information content (AvgIpc) is 2.79. The molecule has 0 aliphatic heterocycles. The van der Waals surface area contributed by atoms with E-state index < -0.39 is 6.09 Å². The molecule has 2 saturated carbocycles. The lowest BCUT2D eigenvalue weighted by molar-refractivity contribution is 0.196. The molecular formula is C25H34N2O3. The fraction of sp³-hybridized carbons (Fsp3) is 0.520. The van der Waals surface area contributed by atoms with Crippen molar-refractivity contribution in [3.8, 4) is 11.8 Å². The van der Waals surface area contributed by atoms with Crippen LogP contribution in [0.5, 0.6) is 0 Å². The first kappa shape index (κ1) is 23.7. The van der Waals surface area contributed by atoms with Gasteiger partial charge in [0.15, 0.2) is 0 Å². The first-order valence-electron chi connectivity index (χ1n) is 11.0. The van der Waals surface area contributed by atoms with E-state index in [0.717, 1.165) is 28.3 Å². The Hall–Kier alpha value is -2.58. The van der Waals surface area contributed by atoms with Crippen LogP contribution < -0.4 is 5.73 Å². The summed E-state index contributed by atoms with van der Waals surface area (Å²) in [5.41, 5.74) is 5.82. The fourth-order valence-electron chi connectivity index (χ4n) is 4.49. The molecule has 0 saturated heterocycles. The maximum Gasteiger partial charge on any atom is 0.402 e. The van der Waals surface area contributed by atoms with E-state index in [-0.39, 0.29) is 6.61 Å². The second kappa shape index (κ2) is 13.6. The summed E-state index contributed by atoms with van der Waals surface area (Å²) in [6.45, 7) is -0.118. The third-order valence-corrected chi connectivity index (χ3v) is 5.87. The Morgan fingerprint density at radius 3 is 2.07 bits per heavy atom. The first-order valence-corrected chi connectivity index (χ1v) is 11.0. The minimum atomic E-state index is -1.33. The molecule has 5 nitrogen and oxygen atoms in total. The van der Waals surface area contributed by atoms with Gasteiger partial charge in [-0.1, -0.05) is 94.2 Å². The molecule has 0 atom stereocenters. The number of fused-ring (bicyclic) bond motifs is 1. The quantitative estimate of drug-likeness (QED) is 0.552. The monoisotopic (exact) mass is 410 g/mol. The van der Waals surface area contributed by atoms with Crippen molar-refractivity contribution in [2.45, 2.75) is 64.2 Å². The Morgan fingerprint density at radius 1 is 1.00 bits per heavy atom. The predicted octanol–water partition coefficient (Wildman–Crippen LogP) is 5.35. The highest BCUT2D eigenvalue weighted by atomic mass is 16.4. The number of pyridine rings is 1. The highest BCUT2D eigenvalue weighted by molar-refractivity contribution is 5.79. The zero-order chi connectivity index (χ0) is 21.6. The molecule has 4 rings (SSSR count). The maximum atomic E-state index is 8.78. The van der Waals surface area contributed by atoms with Gasteiger partial charge in [0.2, 0.25) is 0 Å². The topological polar surface area (TPSA) is 96.4 Å². The Kier molecular flexibility index (Phi) is 10.7. The lowest BCUT2D eigenvalue weighted by Crippen LogP contribution is -2.20. The molecule has 4 N–H and O–H groups in total. The summed E-state index contributed by atoms with van der Waals surface area (Å²) in [6, 6.07) is 9.83. The number of nitrogens with two attached hydrogens (primary N) is 1. The van der Waals surface area contributed by atoms with Crippen LogP contribution in [0, 0.1) is 23.7 Å². The van der Waals surface area contributed by atoms with E-state index in [1.54, 1.807) is 31.9 Å². The van der Waals surface area contributed by atoms with Crippen LogP contribution in [0.1, 0.15) is 69.8 Å². The summed E-state index contributed by atoms with van der Waals surface area (Å²) in [4.78, 5) is 13.0. The minimum absolute atomic E-state index is 0.118. The zero-order valence-corrected chi connectivity index (χ0v) is 17.7.